The minimum Gasteiger partial charge on any atom is -0.497 e. The molecule has 2 atom stereocenters. The normalized spacial score (nSPS) is 12.6. The van der Waals surface area contributed by atoms with Gasteiger partial charge >= 0.3 is 0 Å². The third-order valence-corrected chi connectivity index (χ3v) is 5.43. The highest BCUT2D eigenvalue weighted by Gasteiger charge is 2.27. The maximum atomic E-state index is 13.1. The van der Waals surface area contributed by atoms with Gasteiger partial charge in [0.2, 0.25) is 5.91 Å². The third-order valence-electron chi connectivity index (χ3n) is 4.90. The van der Waals surface area contributed by atoms with E-state index in [9.17, 15) is 9.59 Å². The quantitative estimate of drug-likeness (QED) is 0.550. The molecule has 2 aromatic rings. The number of halogens is 2. The van der Waals surface area contributed by atoms with Crippen LogP contribution in [0.15, 0.2) is 42.5 Å². The van der Waals surface area contributed by atoms with Crippen LogP contribution in [-0.4, -0.2) is 42.5 Å². The van der Waals surface area contributed by atoms with E-state index in [2.05, 4.69) is 5.32 Å². The van der Waals surface area contributed by atoms with Crippen LogP contribution in [0, 0.1) is 0 Å². The lowest BCUT2D eigenvalue weighted by molar-refractivity contribution is -0.142. The van der Waals surface area contributed by atoms with Gasteiger partial charge in [-0.2, -0.15) is 0 Å². The Balaban J connectivity index is 2.20. The maximum absolute atomic E-state index is 13.1. The fourth-order valence-electron chi connectivity index (χ4n) is 2.83. The van der Waals surface area contributed by atoms with Crippen molar-refractivity contribution < 1.29 is 19.1 Å². The Morgan fingerprint density at radius 3 is 2.52 bits per heavy atom. The molecule has 0 aromatic heterocycles. The van der Waals surface area contributed by atoms with Crippen LogP contribution in [0.2, 0.25) is 10.0 Å². The highest BCUT2D eigenvalue weighted by atomic mass is 35.5. The molecule has 0 bridgehead atoms. The molecule has 0 saturated carbocycles. The van der Waals surface area contributed by atoms with Crippen LogP contribution in [0.1, 0.15) is 32.8 Å². The molecule has 8 heteroatoms. The van der Waals surface area contributed by atoms with E-state index in [-0.39, 0.29) is 31.0 Å². The molecule has 2 rings (SSSR count). The molecule has 0 aliphatic heterocycles. The van der Waals surface area contributed by atoms with Crippen LogP contribution in [0.25, 0.3) is 0 Å². The van der Waals surface area contributed by atoms with E-state index in [1.54, 1.807) is 32.2 Å². The maximum Gasteiger partial charge on any atom is 0.261 e. The Labute approximate surface area is 193 Å². The van der Waals surface area contributed by atoms with Gasteiger partial charge in [-0.15, -0.1) is 0 Å². The highest BCUT2D eigenvalue weighted by Crippen LogP contribution is 2.27. The van der Waals surface area contributed by atoms with Crippen molar-refractivity contribution in [2.75, 3.05) is 13.7 Å². The molecule has 0 heterocycles. The molecule has 2 amide bonds. The molecule has 1 N–H and O–H groups in total. The summed E-state index contributed by atoms with van der Waals surface area (Å²) in [6.07, 6.45) is 0.792. The minimum atomic E-state index is -0.697. The number of nitrogens with zero attached hydrogens (tertiary/aromatic N) is 1. The number of amides is 2. The second-order valence-corrected chi connectivity index (χ2v) is 8.07. The second kappa shape index (κ2) is 11.8. The van der Waals surface area contributed by atoms with E-state index in [0.717, 1.165) is 12.0 Å². The molecule has 0 aliphatic rings. The van der Waals surface area contributed by atoms with Crippen molar-refractivity contribution in [3.8, 4) is 11.5 Å². The lowest BCUT2D eigenvalue weighted by atomic mass is 10.1. The first-order valence-electron chi connectivity index (χ1n) is 10.1. The molecule has 168 valence electrons. The average molecular weight is 467 g/mol. The SMILES string of the molecule is CC[C@H](C)NC(=O)[C@H](C)N(Cc1cccc(OC)c1)C(=O)COc1ccc(Cl)cc1Cl. The highest BCUT2D eigenvalue weighted by molar-refractivity contribution is 6.35. The van der Waals surface area contributed by atoms with Crippen LogP contribution >= 0.6 is 23.2 Å². The number of nitrogens with one attached hydrogen (secondary N) is 1. The summed E-state index contributed by atoms with van der Waals surface area (Å²) in [5, 5.41) is 3.71. The van der Waals surface area contributed by atoms with E-state index in [4.69, 9.17) is 32.7 Å². The monoisotopic (exact) mass is 466 g/mol. The summed E-state index contributed by atoms with van der Waals surface area (Å²) in [5.74, 6) is 0.444. The topological polar surface area (TPSA) is 67.9 Å². The van der Waals surface area contributed by atoms with E-state index in [1.165, 1.54) is 4.90 Å². The van der Waals surface area contributed by atoms with Crippen LogP contribution in [0.4, 0.5) is 0 Å². The summed E-state index contributed by atoms with van der Waals surface area (Å²) in [5.41, 5.74) is 0.834. The largest absolute Gasteiger partial charge is 0.497 e. The zero-order valence-electron chi connectivity index (χ0n) is 18.2. The zero-order chi connectivity index (χ0) is 23.0. The van der Waals surface area contributed by atoms with Gasteiger partial charge in [-0.3, -0.25) is 9.59 Å². The van der Waals surface area contributed by atoms with Gasteiger partial charge in [-0.1, -0.05) is 42.3 Å². The summed E-state index contributed by atoms with van der Waals surface area (Å²) in [7, 11) is 1.58. The van der Waals surface area contributed by atoms with Crippen molar-refractivity contribution in [3.63, 3.8) is 0 Å². The molecular formula is C23H28Cl2N2O4. The number of methoxy groups -OCH3 is 1. The predicted molar refractivity (Wildman–Crippen MR) is 123 cm³/mol. The number of rotatable bonds is 10. The smallest absolute Gasteiger partial charge is 0.261 e. The van der Waals surface area contributed by atoms with Crippen LogP contribution in [0.5, 0.6) is 11.5 Å². The first-order valence-corrected chi connectivity index (χ1v) is 10.8. The van der Waals surface area contributed by atoms with Crippen LogP contribution in [-0.2, 0) is 16.1 Å². The average Bonchev–Trinajstić information content (AvgIpc) is 2.76. The standard InChI is InChI=1S/C23H28Cl2N2O4/c1-5-15(2)26-23(29)16(3)27(13-17-7-6-8-19(11-17)30-4)22(28)14-31-21-10-9-18(24)12-20(21)25/h6-12,15-16H,5,13-14H2,1-4H3,(H,26,29)/t15-,16-/m0/s1. The van der Waals surface area contributed by atoms with Crippen molar-refractivity contribution in [2.45, 2.75) is 45.8 Å². The zero-order valence-corrected chi connectivity index (χ0v) is 19.7. The van der Waals surface area contributed by atoms with E-state index in [1.807, 2.05) is 38.1 Å². The Bertz CT molecular complexity index is 907. The molecule has 0 unspecified atom stereocenters. The lowest BCUT2D eigenvalue weighted by Crippen LogP contribution is -2.50. The molecule has 0 radical (unpaired) electrons. The van der Waals surface area contributed by atoms with Crippen molar-refractivity contribution in [2.24, 2.45) is 0 Å². The summed E-state index contributed by atoms with van der Waals surface area (Å²) >= 11 is 12.0. The number of hydrogen-bond donors (Lipinski definition) is 1. The minimum absolute atomic E-state index is 0.00726. The molecule has 2 aromatic carbocycles. The molecule has 0 aliphatic carbocycles. The van der Waals surface area contributed by atoms with Gasteiger partial charge in [-0.25, -0.2) is 0 Å². The van der Waals surface area contributed by atoms with Crippen molar-refractivity contribution in [1.29, 1.82) is 0 Å². The van der Waals surface area contributed by atoms with Crippen molar-refractivity contribution in [3.05, 3.63) is 58.1 Å². The van der Waals surface area contributed by atoms with Gasteiger partial charge in [0.1, 0.15) is 17.5 Å². The van der Waals surface area contributed by atoms with E-state index in [0.29, 0.717) is 21.5 Å². The number of benzene rings is 2. The van der Waals surface area contributed by atoms with Crippen LogP contribution in [0.3, 0.4) is 0 Å². The predicted octanol–water partition coefficient (Wildman–Crippen LogP) is 4.71. The Hall–Kier alpha value is -2.44. The van der Waals surface area contributed by atoms with Crippen LogP contribution < -0.4 is 14.8 Å². The van der Waals surface area contributed by atoms with Gasteiger partial charge in [0, 0.05) is 17.6 Å². The number of carbonyl (C=O) groups excluding carboxylic acids is 2. The Morgan fingerprint density at radius 1 is 1.13 bits per heavy atom. The van der Waals surface area contributed by atoms with Crippen molar-refractivity contribution >= 4 is 35.0 Å². The summed E-state index contributed by atoms with van der Waals surface area (Å²) in [4.78, 5) is 27.3. The molecule has 0 fully saturated rings. The second-order valence-electron chi connectivity index (χ2n) is 7.23. The van der Waals surface area contributed by atoms with Gasteiger partial charge in [0.25, 0.3) is 5.91 Å². The Kier molecular flexibility index (Phi) is 9.46. The molecule has 0 spiro atoms. The lowest BCUT2D eigenvalue weighted by Gasteiger charge is -2.29. The molecule has 0 saturated heterocycles. The molecular weight excluding hydrogens is 439 g/mol. The van der Waals surface area contributed by atoms with Gasteiger partial charge < -0.3 is 19.7 Å². The molecule has 6 nitrogen and oxygen atoms in total. The fourth-order valence-corrected chi connectivity index (χ4v) is 3.29. The Morgan fingerprint density at radius 2 is 1.87 bits per heavy atom. The van der Waals surface area contributed by atoms with E-state index < -0.39 is 6.04 Å². The summed E-state index contributed by atoms with van der Waals surface area (Å²) in [6, 6.07) is 11.4. The van der Waals surface area contributed by atoms with Gasteiger partial charge in [0.15, 0.2) is 6.61 Å². The first-order chi connectivity index (χ1) is 14.7. The molecule has 31 heavy (non-hydrogen) atoms. The number of carbonyl (C=O) groups is 2. The fraction of sp³-hybridized carbons (Fsp3) is 0.391. The van der Waals surface area contributed by atoms with Gasteiger partial charge in [-0.05, 0) is 56.2 Å². The number of hydrogen-bond acceptors (Lipinski definition) is 4. The summed E-state index contributed by atoms with van der Waals surface area (Å²) in [6.45, 7) is 5.56. The van der Waals surface area contributed by atoms with Crippen molar-refractivity contribution in [1.82, 2.24) is 10.2 Å². The summed E-state index contributed by atoms with van der Waals surface area (Å²) < 4.78 is 10.9. The number of ether oxygens (including phenoxy) is 2. The third kappa shape index (κ3) is 7.33. The van der Waals surface area contributed by atoms with Gasteiger partial charge in [0.05, 0.1) is 12.1 Å². The first kappa shape index (κ1) is 24.8. The van der Waals surface area contributed by atoms with E-state index >= 15 is 0 Å².